The Kier molecular flexibility index (Phi) is 6.67. The molecule has 162 valence electrons. The Bertz CT molecular complexity index is 1330. The molecular formula is C23H20N4O3S2. The van der Waals surface area contributed by atoms with E-state index in [2.05, 4.69) is 15.5 Å². The Hall–Kier alpha value is -3.43. The fourth-order valence-corrected chi connectivity index (χ4v) is 4.50. The zero-order valence-electron chi connectivity index (χ0n) is 17.4. The number of thioether (sulfide) groups is 1. The second kappa shape index (κ2) is 9.80. The minimum Gasteiger partial charge on any atom is -0.497 e. The van der Waals surface area contributed by atoms with Crippen LogP contribution in [0.4, 0.5) is 0 Å². The summed E-state index contributed by atoms with van der Waals surface area (Å²) in [6.45, 7) is 1.84. The predicted octanol–water partition coefficient (Wildman–Crippen LogP) is 4.09. The fraction of sp³-hybridized carbons (Fsp3) is 0.130. The molecule has 0 saturated carbocycles. The van der Waals surface area contributed by atoms with Crippen LogP contribution in [0.1, 0.15) is 11.8 Å². The number of nitrogens with zero attached hydrogens (tertiary/aromatic N) is 3. The molecule has 1 N–H and O–H groups in total. The van der Waals surface area contributed by atoms with Crippen molar-refractivity contribution in [1.29, 1.82) is 0 Å². The number of hydrazone groups is 1. The van der Waals surface area contributed by atoms with Crippen molar-refractivity contribution in [3.8, 4) is 11.4 Å². The highest BCUT2D eigenvalue weighted by atomic mass is 32.2. The van der Waals surface area contributed by atoms with Gasteiger partial charge in [0.25, 0.3) is 11.5 Å². The van der Waals surface area contributed by atoms with Crippen LogP contribution in [0.5, 0.6) is 5.75 Å². The first kappa shape index (κ1) is 21.8. The number of carbonyl (C=O) groups excluding carboxylic acids is 1. The lowest BCUT2D eigenvalue weighted by Gasteiger charge is -2.13. The highest BCUT2D eigenvalue weighted by Gasteiger charge is 2.15. The number of benzene rings is 2. The van der Waals surface area contributed by atoms with E-state index in [1.54, 1.807) is 60.9 Å². The van der Waals surface area contributed by atoms with Gasteiger partial charge in [0.2, 0.25) is 0 Å². The van der Waals surface area contributed by atoms with E-state index < -0.39 is 0 Å². The second-order valence-corrected chi connectivity index (χ2v) is 8.64. The maximum Gasteiger partial charge on any atom is 0.266 e. The molecule has 0 spiro atoms. The van der Waals surface area contributed by atoms with Gasteiger partial charge in [0.05, 0.1) is 35.2 Å². The predicted molar refractivity (Wildman–Crippen MR) is 129 cm³/mol. The number of para-hydroxylation sites is 1. The summed E-state index contributed by atoms with van der Waals surface area (Å²) in [6, 6.07) is 18.2. The number of nitrogens with one attached hydrogen (secondary N) is 1. The molecule has 9 heteroatoms. The van der Waals surface area contributed by atoms with Gasteiger partial charge in [0.15, 0.2) is 5.16 Å². The van der Waals surface area contributed by atoms with Crippen LogP contribution in [0, 0.1) is 0 Å². The van der Waals surface area contributed by atoms with Crippen molar-refractivity contribution in [3.63, 3.8) is 0 Å². The molecule has 2 aromatic heterocycles. The smallest absolute Gasteiger partial charge is 0.266 e. The van der Waals surface area contributed by atoms with Crippen LogP contribution in [-0.4, -0.2) is 34.0 Å². The second-order valence-electron chi connectivity index (χ2n) is 6.75. The average molecular weight is 465 g/mol. The van der Waals surface area contributed by atoms with Gasteiger partial charge in [0, 0.05) is 4.88 Å². The molecule has 2 aromatic carbocycles. The van der Waals surface area contributed by atoms with E-state index in [4.69, 9.17) is 4.74 Å². The van der Waals surface area contributed by atoms with Gasteiger partial charge >= 0.3 is 0 Å². The lowest BCUT2D eigenvalue weighted by molar-refractivity contribution is -0.118. The molecule has 0 radical (unpaired) electrons. The average Bonchev–Trinajstić information content (AvgIpc) is 3.37. The minimum absolute atomic E-state index is 0.0577. The van der Waals surface area contributed by atoms with Crippen LogP contribution in [0.15, 0.2) is 81.1 Å². The summed E-state index contributed by atoms with van der Waals surface area (Å²) in [4.78, 5) is 31.3. The van der Waals surface area contributed by atoms with Crippen molar-refractivity contribution in [2.75, 3.05) is 12.9 Å². The lowest BCUT2D eigenvalue weighted by Crippen LogP contribution is -2.24. The molecule has 0 aliphatic rings. The molecule has 4 rings (SSSR count). The van der Waals surface area contributed by atoms with E-state index in [0.29, 0.717) is 27.5 Å². The number of thiophene rings is 1. The van der Waals surface area contributed by atoms with E-state index in [0.717, 1.165) is 10.6 Å². The molecule has 7 nitrogen and oxygen atoms in total. The van der Waals surface area contributed by atoms with E-state index in [1.807, 2.05) is 30.5 Å². The van der Waals surface area contributed by atoms with Crippen molar-refractivity contribution in [3.05, 3.63) is 81.3 Å². The number of hydrogen-bond acceptors (Lipinski definition) is 7. The van der Waals surface area contributed by atoms with E-state index in [1.165, 1.54) is 16.3 Å². The third-order valence-corrected chi connectivity index (χ3v) is 6.55. The summed E-state index contributed by atoms with van der Waals surface area (Å²) in [5.41, 5.74) is 4.33. The zero-order chi connectivity index (χ0) is 22.5. The quantitative estimate of drug-likeness (QED) is 0.193. The van der Waals surface area contributed by atoms with E-state index in [-0.39, 0.29) is 17.2 Å². The molecule has 32 heavy (non-hydrogen) atoms. The molecule has 0 fully saturated rings. The van der Waals surface area contributed by atoms with Crippen molar-refractivity contribution in [1.82, 2.24) is 15.0 Å². The molecule has 0 saturated heterocycles. The first-order valence-electron chi connectivity index (χ1n) is 9.73. The van der Waals surface area contributed by atoms with E-state index >= 15 is 0 Å². The molecule has 0 aliphatic carbocycles. The number of fused-ring (bicyclic) bond motifs is 1. The third kappa shape index (κ3) is 4.74. The Labute approximate surface area is 192 Å². The number of rotatable bonds is 7. The molecule has 0 atom stereocenters. The normalized spacial score (nSPS) is 11.5. The van der Waals surface area contributed by atoms with Crippen LogP contribution in [0.25, 0.3) is 16.6 Å². The van der Waals surface area contributed by atoms with E-state index in [9.17, 15) is 9.59 Å². The number of methoxy groups -OCH3 is 1. The molecule has 2 heterocycles. The van der Waals surface area contributed by atoms with Gasteiger partial charge in [0.1, 0.15) is 5.75 Å². The van der Waals surface area contributed by atoms with Gasteiger partial charge in [-0.15, -0.1) is 11.3 Å². The molecule has 0 unspecified atom stereocenters. The summed E-state index contributed by atoms with van der Waals surface area (Å²) < 4.78 is 6.73. The number of carbonyl (C=O) groups is 1. The summed E-state index contributed by atoms with van der Waals surface area (Å²) in [5, 5.41) is 7.04. The van der Waals surface area contributed by atoms with Crippen molar-refractivity contribution in [2.24, 2.45) is 5.10 Å². The summed E-state index contributed by atoms with van der Waals surface area (Å²) in [7, 11) is 1.58. The SMILES string of the molecule is COc1ccc(-n2c(SCC(=O)NN=C(C)c3cccs3)nc3ccccc3c2=O)cc1. The first-order valence-corrected chi connectivity index (χ1v) is 11.6. The van der Waals surface area contributed by atoms with Gasteiger partial charge in [-0.05, 0) is 54.8 Å². The van der Waals surface area contributed by atoms with Crippen molar-refractivity contribution < 1.29 is 9.53 Å². The van der Waals surface area contributed by atoms with Crippen LogP contribution >= 0.6 is 23.1 Å². The van der Waals surface area contributed by atoms with Crippen molar-refractivity contribution in [2.45, 2.75) is 12.1 Å². The van der Waals surface area contributed by atoms with Crippen LogP contribution in [0.3, 0.4) is 0 Å². The monoisotopic (exact) mass is 464 g/mol. The minimum atomic E-state index is -0.283. The van der Waals surface area contributed by atoms with Gasteiger partial charge in [-0.3, -0.25) is 14.2 Å². The fourth-order valence-electron chi connectivity index (χ4n) is 3.02. The molecule has 0 aliphatic heterocycles. The maximum absolute atomic E-state index is 13.3. The van der Waals surface area contributed by atoms with Crippen LogP contribution < -0.4 is 15.7 Å². The summed E-state index contributed by atoms with van der Waals surface area (Å²) in [6.07, 6.45) is 0. The van der Waals surface area contributed by atoms with Gasteiger partial charge < -0.3 is 4.74 Å². The topological polar surface area (TPSA) is 85.6 Å². The van der Waals surface area contributed by atoms with Crippen LogP contribution in [0.2, 0.25) is 0 Å². The molecular weight excluding hydrogens is 444 g/mol. The lowest BCUT2D eigenvalue weighted by atomic mass is 10.2. The Balaban J connectivity index is 1.61. The highest BCUT2D eigenvalue weighted by molar-refractivity contribution is 7.99. The third-order valence-electron chi connectivity index (χ3n) is 4.63. The Morgan fingerprint density at radius 3 is 2.66 bits per heavy atom. The summed E-state index contributed by atoms with van der Waals surface area (Å²) in [5.74, 6) is 0.458. The molecule has 1 amide bonds. The Morgan fingerprint density at radius 2 is 1.94 bits per heavy atom. The first-order chi connectivity index (χ1) is 15.6. The van der Waals surface area contributed by atoms with Gasteiger partial charge in [-0.2, -0.15) is 5.10 Å². The number of hydrogen-bond donors (Lipinski definition) is 1. The molecule has 0 bridgehead atoms. The van der Waals surface area contributed by atoms with Gasteiger partial charge in [-0.25, -0.2) is 10.4 Å². The number of aromatic nitrogens is 2. The maximum atomic E-state index is 13.3. The Morgan fingerprint density at radius 1 is 1.16 bits per heavy atom. The standard InChI is InChI=1S/C23H20N4O3S2/c1-15(20-8-5-13-31-20)25-26-21(28)14-32-23-24-19-7-4-3-6-18(19)22(29)27(23)16-9-11-17(30-2)12-10-16/h3-13H,14H2,1-2H3,(H,26,28). The number of ether oxygens (including phenoxy) is 1. The van der Waals surface area contributed by atoms with Gasteiger partial charge in [-0.1, -0.05) is 30.0 Å². The summed E-state index contributed by atoms with van der Waals surface area (Å²) >= 11 is 2.73. The van der Waals surface area contributed by atoms with Crippen molar-refractivity contribution >= 4 is 45.6 Å². The zero-order valence-corrected chi connectivity index (χ0v) is 19.1. The highest BCUT2D eigenvalue weighted by Crippen LogP contribution is 2.22. The molecule has 4 aromatic rings. The largest absolute Gasteiger partial charge is 0.497 e. The van der Waals surface area contributed by atoms with Crippen LogP contribution in [-0.2, 0) is 4.79 Å². The number of amides is 1.